The number of quaternary nitrogens is 1. The molecule has 0 saturated carbocycles. The summed E-state index contributed by atoms with van der Waals surface area (Å²) < 4.78 is 5.81. The Morgan fingerprint density at radius 1 is 1.19 bits per heavy atom. The van der Waals surface area contributed by atoms with Gasteiger partial charge in [-0.15, -0.1) is 0 Å². The SMILES string of the molecule is CCOC(=O)C[N+](CC)(CC)CC=C(C)C. The predicted molar refractivity (Wildman–Crippen MR) is 67.1 cm³/mol. The molecule has 0 aliphatic carbocycles. The zero-order valence-corrected chi connectivity index (χ0v) is 11.4. The number of esters is 1. The van der Waals surface area contributed by atoms with Crippen LogP contribution in [0.3, 0.4) is 0 Å². The van der Waals surface area contributed by atoms with E-state index in [1.54, 1.807) is 0 Å². The molecule has 0 aliphatic heterocycles. The van der Waals surface area contributed by atoms with Gasteiger partial charge in [0.2, 0.25) is 0 Å². The fraction of sp³-hybridized carbons (Fsp3) is 0.769. The van der Waals surface area contributed by atoms with Gasteiger partial charge in [0, 0.05) is 0 Å². The summed E-state index contributed by atoms with van der Waals surface area (Å²) in [7, 11) is 0. The molecule has 0 unspecified atom stereocenters. The van der Waals surface area contributed by atoms with Crippen molar-refractivity contribution in [3.8, 4) is 0 Å². The first-order chi connectivity index (χ1) is 7.49. The number of hydrogen-bond donors (Lipinski definition) is 0. The molecule has 16 heavy (non-hydrogen) atoms. The fourth-order valence-electron chi connectivity index (χ4n) is 1.63. The third-order valence-electron chi connectivity index (χ3n) is 3.00. The van der Waals surface area contributed by atoms with Crippen molar-refractivity contribution in [1.29, 1.82) is 0 Å². The Bertz CT molecular complexity index is 238. The van der Waals surface area contributed by atoms with Gasteiger partial charge >= 0.3 is 5.97 Å². The number of carbonyl (C=O) groups excluding carboxylic acids is 1. The number of nitrogens with zero attached hydrogens (tertiary/aromatic N) is 1. The van der Waals surface area contributed by atoms with Crippen molar-refractivity contribution in [1.82, 2.24) is 0 Å². The van der Waals surface area contributed by atoms with Gasteiger partial charge in [0.25, 0.3) is 0 Å². The highest BCUT2D eigenvalue weighted by Gasteiger charge is 2.26. The van der Waals surface area contributed by atoms with Crippen molar-refractivity contribution in [2.75, 3.05) is 32.8 Å². The summed E-state index contributed by atoms with van der Waals surface area (Å²) in [5.74, 6) is -0.0895. The monoisotopic (exact) mass is 228 g/mol. The van der Waals surface area contributed by atoms with Gasteiger partial charge in [0.15, 0.2) is 6.54 Å². The summed E-state index contributed by atoms with van der Waals surface area (Å²) >= 11 is 0. The van der Waals surface area contributed by atoms with E-state index in [0.29, 0.717) is 13.2 Å². The largest absolute Gasteiger partial charge is 0.462 e. The lowest BCUT2D eigenvalue weighted by Gasteiger charge is -2.34. The van der Waals surface area contributed by atoms with Gasteiger partial charge in [-0.2, -0.15) is 0 Å². The van der Waals surface area contributed by atoms with Crippen molar-refractivity contribution in [3.63, 3.8) is 0 Å². The molecule has 3 heteroatoms. The van der Waals surface area contributed by atoms with Crippen molar-refractivity contribution in [2.24, 2.45) is 0 Å². The van der Waals surface area contributed by atoms with Crippen LogP contribution in [-0.4, -0.2) is 43.2 Å². The molecule has 0 aliphatic rings. The van der Waals surface area contributed by atoms with Gasteiger partial charge in [-0.25, -0.2) is 4.79 Å². The molecular formula is C13H26NO2+. The quantitative estimate of drug-likeness (QED) is 0.380. The average molecular weight is 228 g/mol. The molecule has 0 radical (unpaired) electrons. The van der Waals surface area contributed by atoms with E-state index < -0.39 is 0 Å². The summed E-state index contributed by atoms with van der Waals surface area (Å²) in [4.78, 5) is 11.6. The third kappa shape index (κ3) is 5.31. The van der Waals surface area contributed by atoms with Crippen LogP contribution >= 0.6 is 0 Å². The highest BCUT2D eigenvalue weighted by Crippen LogP contribution is 2.08. The molecule has 0 amide bonds. The summed E-state index contributed by atoms with van der Waals surface area (Å²) in [6, 6.07) is 0. The van der Waals surface area contributed by atoms with Gasteiger partial charge in [0.1, 0.15) is 0 Å². The van der Waals surface area contributed by atoms with E-state index >= 15 is 0 Å². The second-order valence-electron chi connectivity index (χ2n) is 4.40. The molecular weight excluding hydrogens is 202 g/mol. The minimum absolute atomic E-state index is 0.0895. The van der Waals surface area contributed by atoms with Crippen LogP contribution in [0.4, 0.5) is 0 Å². The van der Waals surface area contributed by atoms with Gasteiger partial charge in [-0.3, -0.25) is 0 Å². The zero-order chi connectivity index (χ0) is 12.6. The van der Waals surface area contributed by atoms with Crippen LogP contribution in [0.2, 0.25) is 0 Å². The van der Waals surface area contributed by atoms with Crippen molar-refractivity contribution < 1.29 is 14.0 Å². The van der Waals surface area contributed by atoms with Crippen LogP contribution in [0.25, 0.3) is 0 Å². The number of carbonyl (C=O) groups is 1. The number of allylic oxidation sites excluding steroid dienone is 1. The van der Waals surface area contributed by atoms with E-state index in [4.69, 9.17) is 4.74 Å². The van der Waals surface area contributed by atoms with Crippen molar-refractivity contribution >= 4 is 5.97 Å². The molecule has 0 saturated heterocycles. The van der Waals surface area contributed by atoms with Gasteiger partial charge in [-0.1, -0.05) is 5.57 Å². The maximum atomic E-state index is 11.6. The van der Waals surface area contributed by atoms with Crippen LogP contribution in [-0.2, 0) is 9.53 Å². The van der Waals surface area contributed by atoms with Crippen LogP contribution in [0.15, 0.2) is 11.6 Å². The summed E-state index contributed by atoms with van der Waals surface area (Å²) in [5, 5.41) is 0. The lowest BCUT2D eigenvalue weighted by atomic mass is 10.2. The maximum absolute atomic E-state index is 11.6. The number of rotatable bonds is 7. The zero-order valence-electron chi connectivity index (χ0n) is 11.4. The number of hydrogen-bond acceptors (Lipinski definition) is 2. The first-order valence-corrected chi connectivity index (χ1v) is 6.13. The maximum Gasteiger partial charge on any atom is 0.361 e. The van der Waals surface area contributed by atoms with Gasteiger partial charge < -0.3 is 9.22 Å². The number of ether oxygens (including phenoxy) is 1. The molecule has 3 nitrogen and oxygen atoms in total. The predicted octanol–water partition coefficient (Wildman–Crippen LogP) is 2.37. The number of likely N-dealkylation sites (N-methyl/N-ethyl adjacent to an activating group) is 1. The summed E-state index contributed by atoms with van der Waals surface area (Å²) in [6.45, 7) is 14.0. The van der Waals surface area contributed by atoms with Crippen LogP contribution in [0, 0.1) is 0 Å². The summed E-state index contributed by atoms with van der Waals surface area (Å²) in [5.41, 5.74) is 1.30. The molecule has 0 spiro atoms. The van der Waals surface area contributed by atoms with Crippen molar-refractivity contribution in [3.05, 3.63) is 11.6 Å². The minimum atomic E-state index is -0.0895. The topological polar surface area (TPSA) is 26.3 Å². The molecule has 0 atom stereocenters. The molecule has 0 fully saturated rings. The Labute approximate surface area is 99.7 Å². The Morgan fingerprint density at radius 3 is 2.12 bits per heavy atom. The molecule has 0 aromatic heterocycles. The highest BCUT2D eigenvalue weighted by atomic mass is 16.5. The molecule has 0 rings (SSSR count). The second-order valence-corrected chi connectivity index (χ2v) is 4.40. The van der Waals surface area contributed by atoms with E-state index in [9.17, 15) is 4.79 Å². The smallest absolute Gasteiger partial charge is 0.361 e. The average Bonchev–Trinajstić information content (AvgIpc) is 2.24. The molecule has 94 valence electrons. The molecule has 0 heterocycles. The van der Waals surface area contributed by atoms with E-state index in [0.717, 1.165) is 24.1 Å². The third-order valence-corrected chi connectivity index (χ3v) is 3.00. The van der Waals surface area contributed by atoms with Crippen LogP contribution in [0.1, 0.15) is 34.6 Å². The normalized spacial score (nSPS) is 11.1. The van der Waals surface area contributed by atoms with Crippen LogP contribution < -0.4 is 0 Å². The highest BCUT2D eigenvalue weighted by molar-refractivity contribution is 5.70. The molecule has 0 aromatic carbocycles. The first kappa shape index (κ1) is 15.2. The standard InChI is InChI=1S/C13H26NO2/c1-6-14(7-2,10-9-12(4)5)11-13(15)16-8-3/h9H,6-8,10-11H2,1-5H3/q+1. The lowest BCUT2D eigenvalue weighted by molar-refractivity contribution is -0.912. The Morgan fingerprint density at radius 2 is 1.75 bits per heavy atom. The van der Waals surface area contributed by atoms with E-state index in [2.05, 4.69) is 33.8 Å². The Hall–Kier alpha value is -0.830. The second kappa shape index (κ2) is 7.44. The first-order valence-electron chi connectivity index (χ1n) is 6.13. The van der Waals surface area contributed by atoms with E-state index in [1.807, 2.05) is 6.92 Å². The lowest BCUT2D eigenvalue weighted by Crippen LogP contribution is -2.51. The van der Waals surface area contributed by atoms with E-state index in [1.165, 1.54) is 5.57 Å². The summed E-state index contributed by atoms with van der Waals surface area (Å²) in [6.07, 6.45) is 2.20. The Kier molecular flexibility index (Phi) is 7.06. The Balaban J connectivity index is 4.55. The minimum Gasteiger partial charge on any atom is -0.462 e. The molecule has 0 aromatic rings. The van der Waals surface area contributed by atoms with Gasteiger partial charge in [-0.05, 0) is 40.7 Å². The fourth-order valence-corrected chi connectivity index (χ4v) is 1.63. The van der Waals surface area contributed by atoms with Crippen LogP contribution in [0.5, 0.6) is 0 Å². The van der Waals surface area contributed by atoms with Crippen molar-refractivity contribution in [2.45, 2.75) is 34.6 Å². The molecule has 0 N–H and O–H groups in total. The van der Waals surface area contributed by atoms with Gasteiger partial charge in [0.05, 0.1) is 26.2 Å². The molecule has 0 bridgehead atoms. The van der Waals surface area contributed by atoms with E-state index in [-0.39, 0.29) is 5.97 Å².